The van der Waals surface area contributed by atoms with Crippen molar-refractivity contribution in [1.29, 1.82) is 0 Å². The molecule has 2 N–H and O–H groups in total. The molecule has 1 atom stereocenters. The molecule has 36 heavy (non-hydrogen) atoms. The van der Waals surface area contributed by atoms with Gasteiger partial charge in [-0.1, -0.05) is 54.1 Å². The van der Waals surface area contributed by atoms with Crippen molar-refractivity contribution in [1.82, 2.24) is 10.9 Å². The molecule has 0 aliphatic carbocycles. The Bertz CT molecular complexity index is 1310. The molecule has 1 aliphatic heterocycles. The smallest absolute Gasteiger partial charge is 0.376 e. The number of aliphatic imine (C=N–C) groups is 1. The first-order valence-electron chi connectivity index (χ1n) is 11.1. The van der Waals surface area contributed by atoms with E-state index in [9.17, 15) is 14.4 Å². The summed E-state index contributed by atoms with van der Waals surface area (Å²) in [7, 11) is 1.54. The maximum absolute atomic E-state index is 13.3. The number of hydrogen-bond donors (Lipinski definition) is 2. The van der Waals surface area contributed by atoms with Crippen molar-refractivity contribution in [2.45, 2.75) is 13.0 Å². The zero-order chi connectivity index (χ0) is 25.5. The number of benzene rings is 3. The second-order valence-corrected chi connectivity index (χ2v) is 7.82. The van der Waals surface area contributed by atoms with Crippen LogP contribution in [0.15, 0.2) is 102 Å². The molecule has 3 aromatic rings. The molecule has 0 saturated carbocycles. The van der Waals surface area contributed by atoms with Crippen LogP contribution in [0.3, 0.4) is 0 Å². The predicted octanol–water partition coefficient (Wildman–Crippen LogP) is 3.52. The number of hydrazine groups is 1. The maximum atomic E-state index is 13.3. The van der Waals surface area contributed by atoms with E-state index in [1.54, 1.807) is 61.7 Å². The Hall–Kier alpha value is -4.76. The van der Waals surface area contributed by atoms with Crippen LogP contribution in [0.25, 0.3) is 0 Å². The minimum atomic E-state index is -0.741. The summed E-state index contributed by atoms with van der Waals surface area (Å²) >= 11 is 0. The number of carbonyl (C=O) groups is 3. The third-order valence-corrected chi connectivity index (χ3v) is 5.41. The van der Waals surface area contributed by atoms with Gasteiger partial charge in [0.05, 0.1) is 18.8 Å². The van der Waals surface area contributed by atoms with Crippen molar-refractivity contribution in [3.05, 3.63) is 108 Å². The van der Waals surface area contributed by atoms with Gasteiger partial charge in [0, 0.05) is 11.6 Å². The lowest BCUT2D eigenvalue weighted by Crippen LogP contribution is -2.34. The highest BCUT2D eigenvalue weighted by Gasteiger charge is 2.31. The number of ether oxygens (including phenoxy) is 1. The number of carbonyl (C=O) groups excluding carboxylic acids is 3. The third kappa shape index (κ3) is 5.65. The summed E-state index contributed by atoms with van der Waals surface area (Å²) in [4.78, 5) is 47.7. The Labute approximate surface area is 208 Å². The van der Waals surface area contributed by atoms with E-state index in [0.717, 1.165) is 5.56 Å². The number of nitrogens with one attached hydrogen (secondary N) is 2. The lowest BCUT2D eigenvalue weighted by atomic mass is 10.1. The SMILES string of the molecule is COc1ccc(N2NOC(=O)/C2=C\C(=NC(=O)c2ccccc2)C(=O)NC(C)c2ccccc2)cc1. The summed E-state index contributed by atoms with van der Waals surface area (Å²) in [5, 5.41) is 4.18. The maximum Gasteiger partial charge on any atom is 0.376 e. The van der Waals surface area contributed by atoms with Crippen LogP contribution in [-0.4, -0.2) is 30.6 Å². The van der Waals surface area contributed by atoms with E-state index in [4.69, 9.17) is 9.57 Å². The standard InChI is InChI=1S/C27H24N4O5/c1-18(19-9-5-3-6-10-19)28-26(33)23(29-25(32)20-11-7-4-8-12-20)17-24-27(34)36-30-31(24)21-13-15-22(35-2)16-14-21/h3-18,30H,1-2H3,(H,28,33)/b24-17+,29-23?. The van der Waals surface area contributed by atoms with Crippen LogP contribution in [0, 0.1) is 0 Å². The van der Waals surface area contributed by atoms with Gasteiger partial charge in [-0.3, -0.25) is 9.59 Å². The first-order chi connectivity index (χ1) is 17.5. The number of rotatable bonds is 7. The Morgan fingerprint density at radius 3 is 2.28 bits per heavy atom. The van der Waals surface area contributed by atoms with Gasteiger partial charge in [0.1, 0.15) is 11.5 Å². The van der Waals surface area contributed by atoms with E-state index in [2.05, 4.69) is 15.9 Å². The minimum absolute atomic E-state index is 0.0257. The summed E-state index contributed by atoms with van der Waals surface area (Å²) in [6, 6.07) is 24.1. The summed E-state index contributed by atoms with van der Waals surface area (Å²) in [5.41, 5.74) is 3.95. The van der Waals surface area contributed by atoms with Gasteiger partial charge in [0.15, 0.2) is 5.70 Å². The lowest BCUT2D eigenvalue weighted by molar-refractivity contribution is -0.140. The van der Waals surface area contributed by atoms with Crippen molar-refractivity contribution in [3.8, 4) is 5.75 Å². The van der Waals surface area contributed by atoms with Gasteiger partial charge in [0.2, 0.25) is 0 Å². The van der Waals surface area contributed by atoms with Crippen LogP contribution in [-0.2, 0) is 14.4 Å². The molecule has 1 saturated heterocycles. The van der Waals surface area contributed by atoms with Crippen molar-refractivity contribution in [3.63, 3.8) is 0 Å². The minimum Gasteiger partial charge on any atom is -0.497 e. The van der Waals surface area contributed by atoms with Crippen molar-refractivity contribution in [2.75, 3.05) is 12.1 Å². The molecule has 1 aliphatic rings. The molecule has 3 aromatic carbocycles. The molecule has 1 heterocycles. The topological polar surface area (TPSA) is 109 Å². The quantitative estimate of drug-likeness (QED) is 0.390. The Morgan fingerprint density at radius 2 is 1.64 bits per heavy atom. The van der Waals surface area contributed by atoms with E-state index < -0.39 is 17.8 Å². The fraction of sp³-hybridized carbons (Fsp3) is 0.111. The number of nitrogens with zero attached hydrogens (tertiary/aromatic N) is 2. The van der Waals surface area contributed by atoms with Gasteiger partial charge >= 0.3 is 5.97 Å². The predicted molar refractivity (Wildman–Crippen MR) is 134 cm³/mol. The van der Waals surface area contributed by atoms with E-state index in [0.29, 0.717) is 17.0 Å². The second-order valence-electron chi connectivity index (χ2n) is 7.82. The number of anilines is 1. The van der Waals surface area contributed by atoms with E-state index >= 15 is 0 Å². The highest BCUT2D eigenvalue weighted by molar-refractivity contribution is 6.45. The molecular weight excluding hydrogens is 460 g/mol. The van der Waals surface area contributed by atoms with Crippen LogP contribution < -0.4 is 20.7 Å². The molecule has 4 rings (SSSR count). The van der Waals surface area contributed by atoms with Gasteiger partial charge in [-0.05, 0) is 48.9 Å². The molecule has 0 spiro atoms. The first kappa shape index (κ1) is 24.4. The van der Waals surface area contributed by atoms with Crippen molar-refractivity contribution in [2.24, 2.45) is 4.99 Å². The van der Waals surface area contributed by atoms with Crippen LogP contribution >= 0.6 is 0 Å². The van der Waals surface area contributed by atoms with Crippen molar-refractivity contribution < 1.29 is 24.0 Å². The number of methoxy groups -OCH3 is 1. The average Bonchev–Trinajstić information content (AvgIpc) is 3.28. The van der Waals surface area contributed by atoms with E-state index in [1.165, 1.54) is 11.1 Å². The summed E-state index contributed by atoms with van der Waals surface area (Å²) in [6.45, 7) is 1.81. The number of amides is 2. The Kier molecular flexibility index (Phi) is 7.52. The van der Waals surface area contributed by atoms with E-state index in [-0.39, 0.29) is 17.5 Å². The molecule has 0 radical (unpaired) electrons. The lowest BCUT2D eigenvalue weighted by Gasteiger charge is -2.17. The molecule has 1 unspecified atom stereocenters. The summed E-state index contributed by atoms with van der Waals surface area (Å²) in [6.07, 6.45) is 1.22. The Morgan fingerprint density at radius 1 is 1.00 bits per heavy atom. The molecule has 0 aromatic heterocycles. The summed E-state index contributed by atoms with van der Waals surface area (Å²) in [5.74, 6) is -1.37. The van der Waals surface area contributed by atoms with Crippen LogP contribution in [0.1, 0.15) is 28.9 Å². The summed E-state index contributed by atoms with van der Waals surface area (Å²) < 4.78 is 5.17. The third-order valence-electron chi connectivity index (χ3n) is 5.41. The zero-order valence-corrected chi connectivity index (χ0v) is 19.7. The Balaban J connectivity index is 1.69. The van der Waals surface area contributed by atoms with Crippen molar-refractivity contribution >= 4 is 29.2 Å². The molecule has 2 amide bonds. The number of hydrogen-bond acceptors (Lipinski definition) is 7. The highest BCUT2D eigenvalue weighted by atomic mass is 16.7. The fourth-order valence-corrected chi connectivity index (χ4v) is 3.45. The first-order valence-corrected chi connectivity index (χ1v) is 11.1. The second kappa shape index (κ2) is 11.1. The molecular formula is C27H24N4O5. The van der Waals surface area contributed by atoms with Gasteiger partial charge < -0.3 is 14.9 Å². The van der Waals surface area contributed by atoms with Crippen LogP contribution in [0.2, 0.25) is 0 Å². The zero-order valence-electron chi connectivity index (χ0n) is 19.7. The van der Waals surface area contributed by atoms with Crippen LogP contribution in [0.5, 0.6) is 5.75 Å². The highest BCUT2D eigenvalue weighted by Crippen LogP contribution is 2.24. The van der Waals surface area contributed by atoms with Gasteiger partial charge in [-0.15, -0.1) is 0 Å². The molecule has 1 fully saturated rings. The van der Waals surface area contributed by atoms with Crippen LogP contribution in [0.4, 0.5) is 5.69 Å². The largest absolute Gasteiger partial charge is 0.497 e. The molecule has 9 heteroatoms. The van der Waals surface area contributed by atoms with Gasteiger partial charge in [-0.25, -0.2) is 14.8 Å². The fourth-order valence-electron chi connectivity index (χ4n) is 3.45. The molecule has 9 nitrogen and oxygen atoms in total. The molecule has 0 bridgehead atoms. The average molecular weight is 485 g/mol. The van der Waals surface area contributed by atoms with Gasteiger partial charge in [0.25, 0.3) is 11.8 Å². The monoisotopic (exact) mass is 484 g/mol. The molecule has 182 valence electrons. The van der Waals surface area contributed by atoms with Gasteiger partial charge in [-0.2, -0.15) is 0 Å². The van der Waals surface area contributed by atoms with E-state index in [1.807, 2.05) is 37.3 Å². The normalized spacial score (nSPS) is 15.4.